The maximum atomic E-state index is 2.52. The van der Waals surface area contributed by atoms with Gasteiger partial charge in [-0.1, -0.05) is 146 Å². The van der Waals surface area contributed by atoms with E-state index in [9.17, 15) is 0 Å². The molecular formula is C30H52NS+. The normalized spacial score (nSPS) is 11.6. The molecule has 0 bridgehead atoms. The van der Waals surface area contributed by atoms with E-state index in [2.05, 4.69) is 42.7 Å². The van der Waals surface area contributed by atoms with E-state index >= 15 is 0 Å². The lowest BCUT2D eigenvalue weighted by Crippen LogP contribution is -2.34. The van der Waals surface area contributed by atoms with Gasteiger partial charge in [-0.25, -0.2) is 0 Å². The molecule has 0 fully saturated rings. The minimum atomic E-state index is 1.19. The number of aromatic nitrogens is 1. The summed E-state index contributed by atoms with van der Waals surface area (Å²) in [6.07, 6.45) is 29.0. The van der Waals surface area contributed by atoms with Gasteiger partial charge in [0.2, 0.25) is 10.5 Å². The Hall–Kier alpha value is -0.890. The van der Waals surface area contributed by atoms with E-state index in [0.717, 1.165) is 0 Å². The van der Waals surface area contributed by atoms with E-state index in [-0.39, 0.29) is 0 Å². The quantitative estimate of drug-likeness (QED) is 0.129. The molecule has 32 heavy (non-hydrogen) atoms. The first-order valence-corrected chi connectivity index (χ1v) is 15.0. The van der Waals surface area contributed by atoms with Crippen molar-refractivity contribution in [3.05, 3.63) is 29.3 Å². The molecule has 0 radical (unpaired) electrons. The fraction of sp³-hybridized carbons (Fsp3) is 0.767. The van der Waals surface area contributed by atoms with Crippen molar-refractivity contribution in [3.8, 4) is 0 Å². The van der Waals surface area contributed by atoms with Gasteiger partial charge in [0.15, 0.2) is 0 Å². The second-order valence-electron chi connectivity index (χ2n) is 9.96. The predicted octanol–water partition coefficient (Wildman–Crippen LogP) is 10.3. The largest absolute Gasteiger partial charge is 0.235 e. The summed E-state index contributed by atoms with van der Waals surface area (Å²) >= 11 is 1.93. The van der Waals surface area contributed by atoms with Crippen LogP contribution in [0, 0.1) is 6.92 Å². The fourth-order valence-corrected chi connectivity index (χ4v) is 6.00. The smallest absolute Gasteiger partial charge is 0.186 e. The zero-order valence-electron chi connectivity index (χ0n) is 21.5. The fourth-order valence-electron chi connectivity index (χ4n) is 4.95. The van der Waals surface area contributed by atoms with Gasteiger partial charge in [0.05, 0.1) is 0 Å². The molecule has 0 aliphatic carbocycles. The van der Waals surface area contributed by atoms with Crippen molar-refractivity contribution in [3.63, 3.8) is 0 Å². The molecule has 0 unspecified atom stereocenters. The number of para-hydroxylation sites is 1. The van der Waals surface area contributed by atoms with Gasteiger partial charge in [-0.05, 0) is 12.5 Å². The second-order valence-corrected chi connectivity index (χ2v) is 11.2. The first-order chi connectivity index (χ1) is 15.8. The second kappa shape index (κ2) is 18.5. The average molecular weight is 459 g/mol. The number of rotatable bonds is 21. The first kappa shape index (κ1) is 27.4. The Balaban J connectivity index is 1.30. The number of fused-ring (bicyclic) bond motifs is 1. The van der Waals surface area contributed by atoms with Gasteiger partial charge in [-0.2, -0.15) is 4.57 Å². The lowest BCUT2D eigenvalue weighted by atomic mass is 10.0. The third kappa shape index (κ3) is 11.8. The third-order valence-corrected chi connectivity index (χ3v) is 8.11. The highest BCUT2D eigenvalue weighted by Gasteiger charge is 2.15. The van der Waals surface area contributed by atoms with Crippen LogP contribution in [-0.2, 0) is 6.54 Å². The number of hydrogen-bond donors (Lipinski definition) is 0. The molecule has 0 saturated heterocycles. The van der Waals surface area contributed by atoms with Crippen LogP contribution in [0.15, 0.2) is 24.3 Å². The van der Waals surface area contributed by atoms with E-state index in [1.54, 1.807) is 0 Å². The minimum Gasteiger partial charge on any atom is -0.186 e. The number of aryl methyl sites for hydroxylation is 2. The number of unbranched alkanes of at least 4 members (excludes halogenated alkanes) is 19. The summed E-state index contributed by atoms with van der Waals surface area (Å²) in [7, 11) is 0. The van der Waals surface area contributed by atoms with Crippen molar-refractivity contribution in [2.24, 2.45) is 0 Å². The average Bonchev–Trinajstić information content (AvgIpc) is 3.12. The zero-order chi connectivity index (χ0) is 22.7. The number of benzene rings is 1. The van der Waals surface area contributed by atoms with Gasteiger partial charge in [0.1, 0.15) is 11.2 Å². The van der Waals surface area contributed by atoms with Gasteiger partial charge in [-0.15, -0.1) is 0 Å². The lowest BCUT2D eigenvalue weighted by Gasteiger charge is -2.04. The van der Waals surface area contributed by atoms with Crippen LogP contribution in [-0.4, -0.2) is 0 Å². The molecule has 182 valence electrons. The van der Waals surface area contributed by atoms with Crippen LogP contribution in [0.2, 0.25) is 0 Å². The molecule has 1 nitrogen and oxygen atoms in total. The molecule has 1 aromatic carbocycles. The van der Waals surface area contributed by atoms with Crippen LogP contribution in [0.3, 0.4) is 0 Å². The summed E-state index contributed by atoms with van der Waals surface area (Å²) in [6.45, 7) is 5.76. The van der Waals surface area contributed by atoms with Gasteiger partial charge < -0.3 is 0 Å². The van der Waals surface area contributed by atoms with Crippen molar-refractivity contribution in [2.45, 2.75) is 149 Å². The molecular weight excluding hydrogens is 406 g/mol. The van der Waals surface area contributed by atoms with Crippen LogP contribution >= 0.6 is 11.3 Å². The molecule has 0 aliphatic heterocycles. The Morgan fingerprint density at radius 2 is 0.969 bits per heavy atom. The highest BCUT2D eigenvalue weighted by atomic mass is 32.1. The molecule has 1 aromatic heterocycles. The van der Waals surface area contributed by atoms with Crippen LogP contribution in [0.4, 0.5) is 0 Å². The molecule has 0 aliphatic rings. The van der Waals surface area contributed by atoms with Crippen molar-refractivity contribution in [1.82, 2.24) is 0 Å². The van der Waals surface area contributed by atoms with Gasteiger partial charge in [0.25, 0.3) is 0 Å². The summed E-state index contributed by atoms with van der Waals surface area (Å²) in [5.74, 6) is 0. The molecule has 2 heteroatoms. The maximum absolute atomic E-state index is 2.52. The molecule has 0 spiro atoms. The molecule has 0 atom stereocenters. The molecule has 0 amide bonds. The molecule has 0 saturated carbocycles. The Bertz CT molecular complexity index is 689. The SMILES string of the molecule is CCCCCCCCCCCCCCCCCCCCCC[n+]1c(C)sc2ccccc21. The molecule has 2 aromatic rings. The van der Waals surface area contributed by atoms with Crippen molar-refractivity contribution in [2.75, 3.05) is 0 Å². The number of thiazole rings is 1. The van der Waals surface area contributed by atoms with Crippen molar-refractivity contribution in [1.29, 1.82) is 0 Å². The lowest BCUT2D eigenvalue weighted by molar-refractivity contribution is -0.673. The summed E-state index contributed by atoms with van der Waals surface area (Å²) in [4.78, 5) is 0. The highest BCUT2D eigenvalue weighted by molar-refractivity contribution is 7.18. The van der Waals surface area contributed by atoms with Gasteiger partial charge in [0, 0.05) is 19.4 Å². The molecule has 1 heterocycles. The summed E-state index contributed by atoms with van der Waals surface area (Å²) < 4.78 is 3.95. The van der Waals surface area contributed by atoms with Crippen LogP contribution in [0.1, 0.15) is 140 Å². The van der Waals surface area contributed by atoms with E-state index in [1.807, 2.05) is 11.3 Å². The highest BCUT2D eigenvalue weighted by Crippen LogP contribution is 2.20. The minimum absolute atomic E-state index is 1.19. The Morgan fingerprint density at radius 1 is 0.562 bits per heavy atom. The Kier molecular flexibility index (Phi) is 15.8. The summed E-state index contributed by atoms with van der Waals surface area (Å²) in [5, 5.41) is 1.45. The number of nitrogens with zero attached hydrogens (tertiary/aromatic N) is 1. The Labute approximate surface area is 204 Å². The van der Waals surface area contributed by atoms with Crippen LogP contribution in [0.5, 0.6) is 0 Å². The first-order valence-electron chi connectivity index (χ1n) is 14.2. The summed E-state index contributed by atoms with van der Waals surface area (Å²) in [6, 6.07) is 8.85. The molecule has 0 N–H and O–H groups in total. The summed E-state index contributed by atoms with van der Waals surface area (Å²) in [5.41, 5.74) is 1.42. The van der Waals surface area contributed by atoms with E-state index in [0.29, 0.717) is 0 Å². The standard InChI is InChI=1S/C30H52NS/c1-3-4-5-6-7-8-9-10-11-12-13-14-15-16-17-18-19-20-21-24-27-31-28(2)32-30-26-23-22-25-29(30)31/h22-23,25-26H,3-21,24,27H2,1-2H3/q+1. The van der Waals surface area contributed by atoms with Gasteiger partial charge in [-0.3, -0.25) is 0 Å². The predicted molar refractivity (Wildman–Crippen MR) is 145 cm³/mol. The maximum Gasteiger partial charge on any atom is 0.235 e. The molecule has 2 rings (SSSR count). The Morgan fingerprint density at radius 3 is 1.44 bits per heavy atom. The van der Waals surface area contributed by atoms with E-state index < -0.39 is 0 Å². The number of hydrogen-bond acceptors (Lipinski definition) is 1. The van der Waals surface area contributed by atoms with Crippen molar-refractivity contribution < 1.29 is 4.57 Å². The monoisotopic (exact) mass is 458 g/mol. The van der Waals surface area contributed by atoms with Gasteiger partial charge >= 0.3 is 0 Å². The zero-order valence-corrected chi connectivity index (χ0v) is 22.3. The van der Waals surface area contributed by atoms with Crippen LogP contribution in [0.25, 0.3) is 10.2 Å². The van der Waals surface area contributed by atoms with E-state index in [4.69, 9.17) is 0 Å². The third-order valence-electron chi connectivity index (χ3n) is 7.03. The topological polar surface area (TPSA) is 3.88 Å². The van der Waals surface area contributed by atoms with E-state index in [1.165, 1.54) is 150 Å². The van der Waals surface area contributed by atoms with Crippen molar-refractivity contribution >= 4 is 21.6 Å². The van der Waals surface area contributed by atoms with Crippen LogP contribution < -0.4 is 4.57 Å².